The molecule has 0 atom stereocenters. The first-order chi connectivity index (χ1) is 7.97. The lowest BCUT2D eigenvalue weighted by atomic mass is 10.4. The van der Waals surface area contributed by atoms with Gasteiger partial charge < -0.3 is 0 Å². The molecule has 0 aliphatic carbocycles. The molecule has 1 aromatic heterocycles. The van der Waals surface area contributed by atoms with Crippen LogP contribution in [0.1, 0.15) is 10.7 Å². The monoisotopic (exact) mass is 271 g/mol. The highest BCUT2D eigenvalue weighted by Crippen LogP contribution is 2.18. The lowest BCUT2D eigenvalue weighted by Crippen LogP contribution is -2.05. The van der Waals surface area contributed by atoms with Crippen molar-refractivity contribution in [1.82, 2.24) is 4.98 Å². The fourth-order valence-corrected chi connectivity index (χ4v) is 3.41. The number of aromatic nitrogens is 1. The van der Waals surface area contributed by atoms with E-state index < -0.39 is 15.7 Å². The number of thiazole rings is 1. The maximum Gasteiger partial charge on any atom is 0.184 e. The summed E-state index contributed by atoms with van der Waals surface area (Å²) in [5.74, 6) is -0.749. The van der Waals surface area contributed by atoms with Crippen LogP contribution in [0.15, 0.2) is 34.5 Å². The molecule has 0 bridgehead atoms. The van der Waals surface area contributed by atoms with Gasteiger partial charge in [-0.15, -0.1) is 11.3 Å². The van der Waals surface area contributed by atoms with Crippen molar-refractivity contribution >= 4 is 21.2 Å². The van der Waals surface area contributed by atoms with Crippen LogP contribution < -0.4 is 0 Å². The van der Waals surface area contributed by atoms with Crippen LogP contribution in [-0.2, 0) is 15.6 Å². The van der Waals surface area contributed by atoms with E-state index in [4.69, 9.17) is 0 Å². The zero-order valence-corrected chi connectivity index (χ0v) is 10.7. The topological polar surface area (TPSA) is 47.0 Å². The summed E-state index contributed by atoms with van der Waals surface area (Å²) in [7, 11) is -3.52. The van der Waals surface area contributed by atoms with Crippen LogP contribution in [0.5, 0.6) is 0 Å². The molecule has 90 valence electrons. The molecular weight excluding hydrogens is 261 g/mol. The van der Waals surface area contributed by atoms with E-state index in [0.717, 1.165) is 11.1 Å². The van der Waals surface area contributed by atoms with E-state index >= 15 is 0 Å². The molecule has 0 radical (unpaired) electrons. The number of halogens is 1. The van der Waals surface area contributed by atoms with Crippen LogP contribution in [0, 0.1) is 12.7 Å². The van der Waals surface area contributed by atoms with Gasteiger partial charge in [-0.05, 0) is 25.1 Å². The summed E-state index contributed by atoms with van der Waals surface area (Å²) in [5, 5.41) is 2.51. The van der Waals surface area contributed by atoms with Gasteiger partial charge in [-0.1, -0.05) is 6.07 Å². The zero-order chi connectivity index (χ0) is 12.5. The van der Waals surface area contributed by atoms with Crippen LogP contribution in [0.3, 0.4) is 0 Å². The molecular formula is C11H10FNO2S2. The fourth-order valence-electron chi connectivity index (χ4n) is 1.41. The molecule has 6 heteroatoms. The number of hydrogen-bond donors (Lipinski definition) is 0. The summed E-state index contributed by atoms with van der Waals surface area (Å²) >= 11 is 1.39. The van der Waals surface area contributed by atoms with Crippen LogP contribution in [0.4, 0.5) is 4.39 Å². The van der Waals surface area contributed by atoms with Crippen molar-refractivity contribution in [3.63, 3.8) is 0 Å². The Balaban J connectivity index is 2.31. The number of nitrogens with zero attached hydrogens (tertiary/aromatic N) is 1. The second kappa shape index (κ2) is 4.54. The van der Waals surface area contributed by atoms with Crippen molar-refractivity contribution in [2.24, 2.45) is 0 Å². The summed E-state index contributed by atoms with van der Waals surface area (Å²) in [6.07, 6.45) is 0. The average molecular weight is 271 g/mol. The molecule has 2 aromatic rings. The van der Waals surface area contributed by atoms with E-state index in [-0.39, 0.29) is 10.6 Å². The lowest BCUT2D eigenvalue weighted by Gasteiger charge is -2.02. The molecule has 0 saturated heterocycles. The normalized spacial score (nSPS) is 11.6. The molecule has 0 N–H and O–H groups in total. The molecule has 1 aromatic carbocycles. The molecule has 0 aliphatic heterocycles. The SMILES string of the molecule is Cc1nc(CS(=O)(=O)c2cccc(F)c2)cs1. The number of sulfone groups is 1. The molecule has 0 fully saturated rings. The van der Waals surface area contributed by atoms with Crippen molar-refractivity contribution in [1.29, 1.82) is 0 Å². The molecule has 0 saturated carbocycles. The van der Waals surface area contributed by atoms with Gasteiger partial charge in [0.05, 0.1) is 21.3 Å². The minimum absolute atomic E-state index is 0.0110. The Morgan fingerprint density at radius 2 is 2.18 bits per heavy atom. The summed E-state index contributed by atoms with van der Waals surface area (Å²) in [4.78, 5) is 4.08. The lowest BCUT2D eigenvalue weighted by molar-refractivity contribution is 0.589. The highest BCUT2D eigenvalue weighted by atomic mass is 32.2. The molecule has 3 nitrogen and oxygen atoms in total. The smallest absolute Gasteiger partial charge is 0.184 e. The Morgan fingerprint density at radius 1 is 1.41 bits per heavy atom. The second-order valence-electron chi connectivity index (χ2n) is 3.57. The predicted molar refractivity (Wildman–Crippen MR) is 64.1 cm³/mol. The largest absolute Gasteiger partial charge is 0.246 e. The molecule has 1 heterocycles. The van der Waals surface area contributed by atoms with Crippen LogP contribution in [0.2, 0.25) is 0 Å². The highest BCUT2D eigenvalue weighted by molar-refractivity contribution is 7.90. The number of aryl methyl sites for hydroxylation is 1. The van der Waals surface area contributed by atoms with Crippen molar-refractivity contribution in [3.8, 4) is 0 Å². The van der Waals surface area contributed by atoms with Gasteiger partial charge in [0.15, 0.2) is 9.84 Å². The quantitative estimate of drug-likeness (QED) is 0.862. The highest BCUT2D eigenvalue weighted by Gasteiger charge is 2.17. The van der Waals surface area contributed by atoms with E-state index in [9.17, 15) is 12.8 Å². The van der Waals surface area contributed by atoms with Crippen molar-refractivity contribution in [3.05, 3.63) is 46.2 Å². The Bertz CT molecular complexity index is 634. The van der Waals surface area contributed by atoms with E-state index in [0.29, 0.717) is 5.69 Å². The minimum Gasteiger partial charge on any atom is -0.246 e. The van der Waals surface area contributed by atoms with Gasteiger partial charge in [-0.3, -0.25) is 0 Å². The number of rotatable bonds is 3. The van der Waals surface area contributed by atoms with E-state index in [1.807, 2.05) is 6.92 Å². The van der Waals surface area contributed by atoms with Crippen LogP contribution in [-0.4, -0.2) is 13.4 Å². The van der Waals surface area contributed by atoms with Gasteiger partial charge in [0.1, 0.15) is 5.82 Å². The standard InChI is InChI=1S/C11H10FNO2S2/c1-8-13-10(6-16-8)7-17(14,15)11-4-2-3-9(12)5-11/h2-6H,7H2,1H3. The van der Waals surface area contributed by atoms with E-state index in [1.54, 1.807) is 5.38 Å². The van der Waals surface area contributed by atoms with Gasteiger partial charge in [-0.25, -0.2) is 17.8 Å². The molecule has 0 amide bonds. The first kappa shape index (κ1) is 12.2. The van der Waals surface area contributed by atoms with Gasteiger partial charge in [0.2, 0.25) is 0 Å². The summed E-state index contributed by atoms with van der Waals surface area (Å²) < 4.78 is 36.9. The Hall–Kier alpha value is -1.27. The van der Waals surface area contributed by atoms with Gasteiger partial charge >= 0.3 is 0 Å². The number of hydrogen-bond acceptors (Lipinski definition) is 4. The van der Waals surface area contributed by atoms with Gasteiger partial charge in [-0.2, -0.15) is 0 Å². The summed E-state index contributed by atoms with van der Waals surface area (Å²) in [5.41, 5.74) is 0.497. The first-order valence-corrected chi connectivity index (χ1v) is 7.40. The van der Waals surface area contributed by atoms with Gasteiger partial charge in [0, 0.05) is 5.38 Å². The molecule has 17 heavy (non-hydrogen) atoms. The third-order valence-electron chi connectivity index (χ3n) is 2.16. The molecule has 0 spiro atoms. The van der Waals surface area contributed by atoms with Crippen molar-refractivity contribution in [2.45, 2.75) is 17.6 Å². The Morgan fingerprint density at radius 3 is 2.76 bits per heavy atom. The maximum absolute atomic E-state index is 13.0. The summed E-state index contributed by atoms with van der Waals surface area (Å²) in [6, 6.07) is 5.01. The Kier molecular flexibility index (Phi) is 3.26. The third-order valence-corrected chi connectivity index (χ3v) is 4.63. The molecule has 2 rings (SSSR count). The molecule has 0 aliphatic rings. The molecule has 0 unspecified atom stereocenters. The third kappa shape index (κ3) is 2.89. The second-order valence-corrected chi connectivity index (χ2v) is 6.63. The first-order valence-electron chi connectivity index (χ1n) is 4.87. The number of benzene rings is 1. The Labute approximate surface area is 103 Å². The van der Waals surface area contributed by atoms with Crippen LogP contribution >= 0.6 is 11.3 Å². The predicted octanol–water partition coefficient (Wildman–Crippen LogP) is 2.56. The zero-order valence-electron chi connectivity index (χ0n) is 9.05. The van der Waals surface area contributed by atoms with Crippen molar-refractivity contribution < 1.29 is 12.8 Å². The maximum atomic E-state index is 13.0. The van der Waals surface area contributed by atoms with Gasteiger partial charge in [0.25, 0.3) is 0 Å². The average Bonchev–Trinajstić information content (AvgIpc) is 2.63. The van der Waals surface area contributed by atoms with E-state index in [2.05, 4.69) is 4.98 Å². The van der Waals surface area contributed by atoms with Crippen molar-refractivity contribution in [2.75, 3.05) is 0 Å². The van der Waals surface area contributed by atoms with Crippen LogP contribution in [0.25, 0.3) is 0 Å². The fraction of sp³-hybridized carbons (Fsp3) is 0.182. The van der Waals surface area contributed by atoms with E-state index in [1.165, 1.54) is 29.5 Å². The summed E-state index contributed by atoms with van der Waals surface area (Å²) in [6.45, 7) is 1.81. The minimum atomic E-state index is -3.52.